The predicted molar refractivity (Wildman–Crippen MR) is 113 cm³/mol. The van der Waals surface area contributed by atoms with E-state index in [1.165, 1.54) is 17.4 Å². The second kappa shape index (κ2) is 8.51. The Morgan fingerprint density at radius 3 is 2.48 bits per heavy atom. The fourth-order valence-electron chi connectivity index (χ4n) is 3.96. The van der Waals surface area contributed by atoms with Crippen LogP contribution in [-0.2, 0) is 16.1 Å². The lowest BCUT2D eigenvalue weighted by Crippen LogP contribution is -2.50. The lowest BCUT2D eigenvalue weighted by Gasteiger charge is -2.35. The van der Waals surface area contributed by atoms with E-state index in [1.807, 2.05) is 6.92 Å². The van der Waals surface area contributed by atoms with Crippen molar-refractivity contribution in [2.45, 2.75) is 33.4 Å². The average Bonchev–Trinajstić information content (AvgIpc) is 3.03. The van der Waals surface area contributed by atoms with Crippen molar-refractivity contribution in [2.75, 3.05) is 57.4 Å². The highest BCUT2D eigenvalue weighted by Gasteiger charge is 2.26. The number of aromatic nitrogens is 2. The number of thiophene rings is 1. The lowest BCUT2D eigenvalue weighted by molar-refractivity contribution is -0.141. The number of fused-ring (bicyclic) bond motifs is 1. The van der Waals surface area contributed by atoms with Gasteiger partial charge >= 0.3 is 0 Å². The summed E-state index contributed by atoms with van der Waals surface area (Å²) >= 11 is 1.79. The van der Waals surface area contributed by atoms with Gasteiger partial charge in [-0.1, -0.05) is 0 Å². The molecule has 29 heavy (non-hydrogen) atoms. The molecule has 0 unspecified atom stereocenters. The van der Waals surface area contributed by atoms with Crippen molar-refractivity contribution >= 4 is 33.3 Å². The summed E-state index contributed by atoms with van der Waals surface area (Å²) in [6.45, 7) is 12.6. The average molecular weight is 420 g/mol. The van der Waals surface area contributed by atoms with Crippen LogP contribution >= 0.6 is 11.3 Å². The number of anilines is 1. The fourth-order valence-corrected chi connectivity index (χ4v) is 5.27. The Hall–Kier alpha value is -1.81. The van der Waals surface area contributed by atoms with Gasteiger partial charge in [-0.25, -0.2) is 9.97 Å². The summed E-state index contributed by atoms with van der Waals surface area (Å²) in [7, 11) is 0. The maximum Gasteiger partial charge on any atom is 0.251 e. The first-order valence-electron chi connectivity index (χ1n) is 10.2. The molecule has 9 heteroatoms. The standard InChI is InChI=1S/C20H29N5O3S/c1-13-16(12-23-4-6-25(7-5-23)20(27)14(2)26)29-18-17(13)21-15(3)22-19(18)24-8-10-28-11-9-24/h14,26H,4-12H2,1-3H3/t14-/m0/s1. The number of morpholine rings is 1. The van der Waals surface area contributed by atoms with Crippen LogP contribution in [0.5, 0.6) is 0 Å². The van der Waals surface area contributed by atoms with Crippen LogP contribution in [0.4, 0.5) is 5.82 Å². The third-order valence-corrected chi connectivity index (χ3v) is 6.94. The van der Waals surface area contributed by atoms with Crippen LogP contribution in [0.15, 0.2) is 0 Å². The second-order valence-corrected chi connectivity index (χ2v) is 8.90. The molecule has 0 radical (unpaired) electrons. The molecule has 2 aromatic heterocycles. The topological polar surface area (TPSA) is 82.0 Å². The number of hydrogen-bond donors (Lipinski definition) is 1. The SMILES string of the molecule is Cc1nc(N2CCOCC2)c2sc(CN3CCN(C(=O)[C@H](C)O)CC3)c(C)c2n1. The Balaban J connectivity index is 1.53. The van der Waals surface area contributed by atoms with Crippen molar-refractivity contribution in [3.63, 3.8) is 0 Å². The molecular formula is C20H29N5O3S. The summed E-state index contributed by atoms with van der Waals surface area (Å²) in [4.78, 5) is 29.2. The van der Waals surface area contributed by atoms with E-state index in [-0.39, 0.29) is 5.91 Å². The molecule has 4 heterocycles. The van der Waals surface area contributed by atoms with E-state index in [9.17, 15) is 9.90 Å². The lowest BCUT2D eigenvalue weighted by atomic mass is 10.2. The summed E-state index contributed by atoms with van der Waals surface area (Å²) in [6.07, 6.45) is -0.924. The van der Waals surface area contributed by atoms with Crippen LogP contribution in [-0.4, -0.2) is 89.4 Å². The highest BCUT2D eigenvalue weighted by Crippen LogP contribution is 2.36. The molecule has 1 atom stereocenters. The maximum atomic E-state index is 12.0. The van der Waals surface area contributed by atoms with E-state index < -0.39 is 6.10 Å². The molecule has 4 rings (SSSR count). The summed E-state index contributed by atoms with van der Waals surface area (Å²) in [6, 6.07) is 0. The Kier molecular flexibility index (Phi) is 6.00. The van der Waals surface area contributed by atoms with Crippen molar-refractivity contribution < 1.29 is 14.6 Å². The number of aryl methyl sites for hydroxylation is 2. The first kappa shape index (κ1) is 20.5. The van der Waals surface area contributed by atoms with Gasteiger partial charge in [0.25, 0.3) is 5.91 Å². The molecule has 0 saturated carbocycles. The molecule has 0 aromatic carbocycles. The van der Waals surface area contributed by atoms with E-state index >= 15 is 0 Å². The maximum absolute atomic E-state index is 12.0. The predicted octanol–water partition coefficient (Wildman–Crippen LogP) is 1.17. The third-order valence-electron chi connectivity index (χ3n) is 5.68. The normalized spacial score (nSPS) is 19.7. The number of aliphatic hydroxyl groups excluding tert-OH is 1. The smallest absolute Gasteiger partial charge is 0.251 e. The van der Waals surface area contributed by atoms with Crippen LogP contribution in [0.2, 0.25) is 0 Å². The molecular weight excluding hydrogens is 390 g/mol. The number of aliphatic hydroxyl groups is 1. The molecule has 2 aliphatic rings. The summed E-state index contributed by atoms with van der Waals surface area (Å²) in [5.74, 6) is 1.66. The van der Waals surface area contributed by atoms with Crippen LogP contribution in [0.25, 0.3) is 10.2 Å². The molecule has 1 amide bonds. The van der Waals surface area contributed by atoms with Gasteiger partial charge in [-0.3, -0.25) is 9.69 Å². The van der Waals surface area contributed by atoms with E-state index in [4.69, 9.17) is 14.7 Å². The van der Waals surface area contributed by atoms with Gasteiger partial charge in [0.1, 0.15) is 11.9 Å². The van der Waals surface area contributed by atoms with Crippen molar-refractivity contribution in [2.24, 2.45) is 0 Å². The molecule has 2 aliphatic heterocycles. The summed E-state index contributed by atoms with van der Waals surface area (Å²) < 4.78 is 6.66. The molecule has 0 bridgehead atoms. The van der Waals surface area contributed by atoms with Crippen LogP contribution in [0.3, 0.4) is 0 Å². The Morgan fingerprint density at radius 1 is 1.14 bits per heavy atom. The zero-order valence-corrected chi connectivity index (χ0v) is 18.2. The van der Waals surface area contributed by atoms with E-state index in [2.05, 4.69) is 16.7 Å². The molecule has 2 aromatic rings. The van der Waals surface area contributed by atoms with Crippen molar-refractivity contribution in [1.82, 2.24) is 19.8 Å². The summed E-state index contributed by atoms with van der Waals surface area (Å²) in [5, 5.41) is 9.52. The number of rotatable bonds is 4. The Bertz CT molecular complexity index is 886. The number of amides is 1. The van der Waals surface area contributed by atoms with E-state index in [0.717, 1.165) is 67.8 Å². The van der Waals surface area contributed by atoms with Gasteiger partial charge in [0.2, 0.25) is 0 Å². The Morgan fingerprint density at radius 2 is 1.83 bits per heavy atom. The molecule has 0 spiro atoms. The van der Waals surface area contributed by atoms with Gasteiger partial charge in [-0.15, -0.1) is 11.3 Å². The van der Waals surface area contributed by atoms with Gasteiger partial charge in [-0.05, 0) is 26.3 Å². The molecule has 2 saturated heterocycles. The third kappa shape index (κ3) is 4.23. The van der Waals surface area contributed by atoms with Crippen molar-refractivity contribution in [3.05, 3.63) is 16.3 Å². The minimum atomic E-state index is -0.924. The largest absolute Gasteiger partial charge is 0.384 e. The van der Waals surface area contributed by atoms with Crippen molar-refractivity contribution in [3.8, 4) is 0 Å². The molecule has 8 nitrogen and oxygen atoms in total. The highest BCUT2D eigenvalue weighted by molar-refractivity contribution is 7.19. The van der Waals surface area contributed by atoms with Crippen LogP contribution < -0.4 is 4.90 Å². The van der Waals surface area contributed by atoms with Gasteiger partial charge in [-0.2, -0.15) is 0 Å². The first-order valence-corrected chi connectivity index (χ1v) is 11.0. The van der Waals surface area contributed by atoms with Crippen molar-refractivity contribution in [1.29, 1.82) is 0 Å². The van der Waals surface area contributed by atoms with Crippen LogP contribution in [0.1, 0.15) is 23.2 Å². The minimum Gasteiger partial charge on any atom is -0.384 e. The number of carbonyl (C=O) groups excluding carboxylic acids is 1. The number of hydrogen-bond acceptors (Lipinski definition) is 8. The first-order chi connectivity index (χ1) is 13.9. The van der Waals surface area contributed by atoms with E-state index in [0.29, 0.717) is 13.1 Å². The number of ether oxygens (including phenoxy) is 1. The fraction of sp³-hybridized carbons (Fsp3) is 0.650. The number of nitrogens with zero attached hydrogens (tertiary/aromatic N) is 5. The molecule has 0 aliphatic carbocycles. The molecule has 2 fully saturated rings. The second-order valence-electron chi connectivity index (χ2n) is 7.80. The Labute approximate surface area is 175 Å². The minimum absolute atomic E-state index is 0.177. The molecule has 1 N–H and O–H groups in total. The monoisotopic (exact) mass is 419 g/mol. The zero-order chi connectivity index (χ0) is 20.5. The van der Waals surface area contributed by atoms with Gasteiger partial charge in [0, 0.05) is 50.7 Å². The quantitative estimate of drug-likeness (QED) is 0.797. The van der Waals surface area contributed by atoms with Gasteiger partial charge in [0.05, 0.1) is 23.4 Å². The summed E-state index contributed by atoms with van der Waals surface area (Å²) in [5.41, 5.74) is 2.29. The zero-order valence-electron chi connectivity index (χ0n) is 17.3. The number of piperazine rings is 1. The number of carbonyl (C=O) groups is 1. The van der Waals surface area contributed by atoms with E-state index in [1.54, 1.807) is 16.2 Å². The van der Waals surface area contributed by atoms with Gasteiger partial charge in [0.15, 0.2) is 5.82 Å². The van der Waals surface area contributed by atoms with Gasteiger partial charge < -0.3 is 19.6 Å². The highest BCUT2D eigenvalue weighted by atomic mass is 32.1. The molecule has 158 valence electrons. The van der Waals surface area contributed by atoms with Crippen LogP contribution in [0, 0.1) is 13.8 Å².